The molecule has 10 heavy (non-hydrogen) atoms. The van der Waals surface area contributed by atoms with Crippen molar-refractivity contribution in [2.45, 2.75) is 0 Å². The number of hydrogen-bond donors (Lipinski definition) is 1. The SMILES string of the molecule is [C-]#Cc1ccc(O)c(Cl)c1. The van der Waals surface area contributed by atoms with Crippen LogP contribution in [-0.2, 0) is 0 Å². The molecule has 1 aromatic carbocycles. The highest BCUT2D eigenvalue weighted by Gasteiger charge is 1.91. The second-order valence-electron chi connectivity index (χ2n) is 1.79. The predicted molar refractivity (Wildman–Crippen MR) is 39.3 cm³/mol. The lowest BCUT2D eigenvalue weighted by molar-refractivity contribution is 0.475. The third-order valence-electron chi connectivity index (χ3n) is 1.09. The highest BCUT2D eigenvalue weighted by atomic mass is 35.5. The van der Waals surface area contributed by atoms with Gasteiger partial charge >= 0.3 is 0 Å². The summed E-state index contributed by atoms with van der Waals surface area (Å²) < 4.78 is 0. The zero-order chi connectivity index (χ0) is 7.56. The van der Waals surface area contributed by atoms with E-state index in [1.807, 2.05) is 0 Å². The fourth-order valence-corrected chi connectivity index (χ4v) is 0.765. The van der Waals surface area contributed by atoms with Gasteiger partial charge in [-0.3, -0.25) is 5.92 Å². The van der Waals surface area contributed by atoms with Crippen molar-refractivity contribution in [2.24, 2.45) is 0 Å². The van der Waals surface area contributed by atoms with E-state index in [4.69, 9.17) is 23.1 Å². The molecule has 0 aliphatic rings. The Morgan fingerprint density at radius 1 is 1.50 bits per heavy atom. The average molecular weight is 152 g/mol. The summed E-state index contributed by atoms with van der Waals surface area (Å²) in [7, 11) is 0. The first-order chi connectivity index (χ1) is 4.74. The standard InChI is InChI=1S/C8H4ClO/c1-2-6-3-4-8(10)7(9)5-6/h3-5,10H/q-1. The van der Waals surface area contributed by atoms with Crippen LogP contribution in [0.1, 0.15) is 5.56 Å². The fraction of sp³-hybridized carbons (Fsp3) is 0. The Labute approximate surface area is 64.3 Å². The Morgan fingerprint density at radius 3 is 2.70 bits per heavy atom. The van der Waals surface area contributed by atoms with Crippen molar-refractivity contribution in [1.29, 1.82) is 0 Å². The smallest absolute Gasteiger partial charge is 0.131 e. The Hall–Kier alpha value is -1.13. The monoisotopic (exact) mass is 151 g/mol. The van der Waals surface area contributed by atoms with E-state index in [9.17, 15) is 0 Å². The quantitative estimate of drug-likeness (QED) is 0.444. The number of rotatable bonds is 0. The highest BCUT2D eigenvalue weighted by Crippen LogP contribution is 2.22. The van der Waals surface area contributed by atoms with E-state index in [0.717, 1.165) is 0 Å². The first-order valence-corrected chi connectivity index (χ1v) is 3.03. The molecule has 0 aromatic heterocycles. The van der Waals surface area contributed by atoms with E-state index in [1.165, 1.54) is 12.1 Å². The van der Waals surface area contributed by atoms with Gasteiger partial charge in [0.2, 0.25) is 0 Å². The summed E-state index contributed by atoms with van der Waals surface area (Å²) in [6.07, 6.45) is 6.72. The third kappa shape index (κ3) is 1.23. The van der Waals surface area contributed by atoms with Crippen molar-refractivity contribution < 1.29 is 5.11 Å². The molecule has 1 aromatic rings. The van der Waals surface area contributed by atoms with Crippen molar-refractivity contribution in [1.82, 2.24) is 0 Å². The molecular formula is C8H4ClO-. The van der Waals surface area contributed by atoms with Crippen LogP contribution in [-0.4, -0.2) is 5.11 Å². The maximum atomic E-state index is 8.92. The van der Waals surface area contributed by atoms with Gasteiger partial charge in [0.1, 0.15) is 5.75 Å². The molecule has 1 N–H and O–H groups in total. The van der Waals surface area contributed by atoms with Gasteiger partial charge in [0.15, 0.2) is 0 Å². The lowest BCUT2D eigenvalue weighted by Crippen LogP contribution is -1.72. The number of phenols is 1. The minimum Gasteiger partial charge on any atom is -0.507 e. The minimum absolute atomic E-state index is 0.0284. The van der Waals surface area contributed by atoms with Gasteiger partial charge in [-0.15, -0.1) is 17.7 Å². The maximum absolute atomic E-state index is 8.92. The second kappa shape index (κ2) is 2.64. The molecule has 0 radical (unpaired) electrons. The Morgan fingerprint density at radius 2 is 2.20 bits per heavy atom. The molecule has 0 saturated carbocycles. The number of phenolic OH excluding ortho intramolecular Hbond substituents is 1. The molecule has 0 aliphatic heterocycles. The van der Waals surface area contributed by atoms with E-state index in [0.29, 0.717) is 5.56 Å². The Kier molecular flexibility index (Phi) is 1.84. The molecule has 0 bridgehead atoms. The van der Waals surface area contributed by atoms with Gasteiger partial charge in [-0.1, -0.05) is 11.6 Å². The first kappa shape index (κ1) is 6.98. The van der Waals surface area contributed by atoms with Crippen LogP contribution in [0.15, 0.2) is 18.2 Å². The molecule has 2 heteroatoms. The molecule has 1 nitrogen and oxygen atoms in total. The fourth-order valence-electron chi connectivity index (χ4n) is 0.585. The molecule has 50 valence electrons. The summed E-state index contributed by atoms with van der Waals surface area (Å²) in [5.41, 5.74) is 0.558. The van der Waals surface area contributed by atoms with Crippen LogP contribution >= 0.6 is 11.6 Å². The zero-order valence-corrected chi connectivity index (χ0v) is 5.81. The molecule has 0 amide bonds. The van der Waals surface area contributed by atoms with Crippen molar-refractivity contribution in [3.63, 3.8) is 0 Å². The first-order valence-electron chi connectivity index (χ1n) is 2.65. The number of benzene rings is 1. The number of hydrogen-bond acceptors (Lipinski definition) is 1. The zero-order valence-electron chi connectivity index (χ0n) is 5.06. The van der Waals surface area contributed by atoms with E-state index in [1.54, 1.807) is 6.07 Å². The van der Waals surface area contributed by atoms with Crippen molar-refractivity contribution >= 4 is 11.6 Å². The van der Waals surface area contributed by atoms with Crippen LogP contribution in [0.4, 0.5) is 0 Å². The van der Waals surface area contributed by atoms with Crippen molar-refractivity contribution in [3.8, 4) is 11.7 Å². The van der Waals surface area contributed by atoms with E-state index >= 15 is 0 Å². The molecule has 0 atom stereocenters. The minimum atomic E-state index is 0.0284. The molecule has 0 fully saturated rings. The van der Waals surface area contributed by atoms with Crippen molar-refractivity contribution in [3.05, 3.63) is 35.2 Å². The van der Waals surface area contributed by atoms with Gasteiger partial charge < -0.3 is 11.5 Å². The van der Waals surface area contributed by atoms with Gasteiger partial charge in [-0.25, -0.2) is 0 Å². The largest absolute Gasteiger partial charge is 0.507 e. The van der Waals surface area contributed by atoms with Crippen LogP contribution in [0.2, 0.25) is 5.02 Å². The molecule has 0 spiro atoms. The predicted octanol–water partition coefficient (Wildman–Crippen LogP) is 1.98. The van der Waals surface area contributed by atoms with Crippen LogP contribution < -0.4 is 0 Å². The van der Waals surface area contributed by atoms with Crippen molar-refractivity contribution in [2.75, 3.05) is 0 Å². The Balaban J connectivity index is 3.20. The second-order valence-corrected chi connectivity index (χ2v) is 2.20. The number of aromatic hydroxyl groups is 1. The molecular weight excluding hydrogens is 148 g/mol. The van der Waals surface area contributed by atoms with E-state index in [2.05, 4.69) is 5.92 Å². The highest BCUT2D eigenvalue weighted by molar-refractivity contribution is 6.32. The molecule has 1 rings (SSSR count). The summed E-state index contributed by atoms with van der Waals surface area (Å²) in [5.74, 6) is 2.18. The van der Waals surface area contributed by atoms with Crippen LogP contribution in [0.5, 0.6) is 5.75 Å². The van der Waals surface area contributed by atoms with E-state index in [-0.39, 0.29) is 10.8 Å². The normalized spacial score (nSPS) is 8.80. The van der Waals surface area contributed by atoms with Gasteiger partial charge in [-0.05, 0) is 6.07 Å². The maximum Gasteiger partial charge on any atom is 0.131 e. The Bertz CT molecular complexity index is 286. The van der Waals surface area contributed by atoms with Gasteiger partial charge in [-0.2, -0.15) is 0 Å². The summed E-state index contributed by atoms with van der Waals surface area (Å²) >= 11 is 5.52. The van der Waals surface area contributed by atoms with Crippen LogP contribution in [0.25, 0.3) is 0 Å². The molecule has 0 saturated heterocycles. The lowest BCUT2D eigenvalue weighted by Gasteiger charge is -2.01. The van der Waals surface area contributed by atoms with Gasteiger partial charge in [0, 0.05) is 0 Å². The topological polar surface area (TPSA) is 20.2 Å². The molecule has 0 unspecified atom stereocenters. The van der Waals surface area contributed by atoms with E-state index < -0.39 is 0 Å². The van der Waals surface area contributed by atoms with Gasteiger partial charge in [0.05, 0.1) is 5.02 Å². The number of halogens is 1. The van der Waals surface area contributed by atoms with Crippen LogP contribution in [0, 0.1) is 12.3 Å². The van der Waals surface area contributed by atoms with Crippen LogP contribution in [0.3, 0.4) is 0 Å². The third-order valence-corrected chi connectivity index (χ3v) is 1.39. The lowest BCUT2D eigenvalue weighted by atomic mass is 10.2. The summed E-state index contributed by atoms with van der Waals surface area (Å²) in [6, 6.07) is 4.47. The molecule has 0 heterocycles. The summed E-state index contributed by atoms with van der Waals surface area (Å²) in [5, 5.41) is 9.17. The molecule has 0 aliphatic carbocycles. The summed E-state index contributed by atoms with van der Waals surface area (Å²) in [4.78, 5) is 0. The van der Waals surface area contributed by atoms with Gasteiger partial charge in [0.25, 0.3) is 0 Å². The average Bonchev–Trinajstić information content (AvgIpc) is 1.95. The summed E-state index contributed by atoms with van der Waals surface area (Å²) in [6.45, 7) is 0.